The molecule has 0 bridgehead atoms. The average molecular weight is 320 g/mol. The minimum atomic E-state index is 0.327. The molecule has 0 N–H and O–H groups in total. The van der Waals surface area contributed by atoms with Gasteiger partial charge in [0.05, 0.1) is 12.6 Å². The van der Waals surface area contributed by atoms with E-state index in [0.29, 0.717) is 12.1 Å². The first-order valence-corrected chi connectivity index (χ1v) is 8.72. The van der Waals surface area contributed by atoms with Crippen molar-refractivity contribution in [3.8, 4) is 0 Å². The van der Waals surface area contributed by atoms with Crippen LogP contribution in [0.2, 0.25) is 0 Å². The first-order valence-electron chi connectivity index (χ1n) is 7.90. The van der Waals surface area contributed by atoms with Gasteiger partial charge >= 0.3 is 0 Å². The molecule has 0 aliphatic carbocycles. The molecule has 0 spiro atoms. The van der Waals surface area contributed by atoms with E-state index in [4.69, 9.17) is 4.74 Å². The summed E-state index contributed by atoms with van der Waals surface area (Å²) in [6, 6.07) is 4.84. The highest BCUT2D eigenvalue weighted by atomic mass is 32.1. The monoisotopic (exact) mass is 320 g/mol. The first kappa shape index (κ1) is 15.6. The fourth-order valence-electron chi connectivity index (χ4n) is 2.83. The summed E-state index contributed by atoms with van der Waals surface area (Å²) in [7, 11) is 2.13. The second-order valence-corrected chi connectivity index (χ2v) is 7.43. The van der Waals surface area contributed by atoms with Crippen molar-refractivity contribution in [2.45, 2.75) is 51.9 Å². The van der Waals surface area contributed by atoms with E-state index in [0.717, 1.165) is 31.9 Å². The minimum Gasteiger partial charge on any atom is -0.373 e. The van der Waals surface area contributed by atoms with E-state index in [2.05, 4.69) is 52.7 Å². The van der Waals surface area contributed by atoms with Gasteiger partial charge in [-0.15, -0.1) is 21.5 Å². The standard InChI is InChI=1S/C16H24N4OS/c1-12(2)20-11-17-18-16(20)10-19(3)9-13-6-7-15(22-13)14-5-4-8-21-14/h6-7,11-12,14H,4-5,8-10H2,1-3H3. The van der Waals surface area contributed by atoms with Gasteiger partial charge in [-0.3, -0.25) is 4.90 Å². The molecule has 1 saturated heterocycles. The number of hydrogen-bond acceptors (Lipinski definition) is 5. The second-order valence-electron chi connectivity index (χ2n) is 6.23. The lowest BCUT2D eigenvalue weighted by Gasteiger charge is -2.17. The molecule has 1 unspecified atom stereocenters. The summed E-state index contributed by atoms with van der Waals surface area (Å²) < 4.78 is 7.89. The molecule has 2 aromatic heterocycles. The van der Waals surface area contributed by atoms with Gasteiger partial charge in [0.25, 0.3) is 0 Å². The van der Waals surface area contributed by atoms with Gasteiger partial charge in [0, 0.05) is 28.9 Å². The van der Waals surface area contributed by atoms with Gasteiger partial charge < -0.3 is 9.30 Å². The van der Waals surface area contributed by atoms with Gasteiger partial charge in [-0.05, 0) is 45.9 Å². The van der Waals surface area contributed by atoms with E-state index in [1.807, 2.05) is 17.7 Å². The maximum absolute atomic E-state index is 5.76. The van der Waals surface area contributed by atoms with Crippen LogP contribution in [-0.4, -0.2) is 33.3 Å². The van der Waals surface area contributed by atoms with Crippen molar-refractivity contribution in [1.29, 1.82) is 0 Å². The molecule has 1 aliphatic heterocycles. The van der Waals surface area contributed by atoms with Crippen LogP contribution in [0, 0.1) is 0 Å². The number of ether oxygens (including phenoxy) is 1. The third kappa shape index (κ3) is 3.56. The predicted octanol–water partition coefficient (Wildman–Crippen LogP) is 3.40. The van der Waals surface area contributed by atoms with Gasteiger partial charge in [0.15, 0.2) is 0 Å². The number of rotatable bonds is 6. The van der Waals surface area contributed by atoms with Crippen LogP contribution in [0.5, 0.6) is 0 Å². The predicted molar refractivity (Wildman–Crippen MR) is 87.8 cm³/mol. The van der Waals surface area contributed by atoms with Gasteiger partial charge in [-0.1, -0.05) is 0 Å². The number of nitrogens with zero attached hydrogens (tertiary/aromatic N) is 4. The van der Waals surface area contributed by atoms with Gasteiger partial charge in [0.2, 0.25) is 0 Å². The molecule has 1 aliphatic rings. The highest BCUT2D eigenvalue weighted by molar-refractivity contribution is 7.12. The smallest absolute Gasteiger partial charge is 0.147 e. The third-order valence-corrected chi connectivity index (χ3v) is 5.13. The Labute approximate surface area is 135 Å². The first-order chi connectivity index (χ1) is 10.6. The van der Waals surface area contributed by atoms with Crippen molar-refractivity contribution in [3.05, 3.63) is 34.0 Å². The summed E-state index contributed by atoms with van der Waals surface area (Å²) >= 11 is 1.87. The largest absolute Gasteiger partial charge is 0.373 e. The van der Waals surface area contributed by atoms with Crippen molar-refractivity contribution in [1.82, 2.24) is 19.7 Å². The topological polar surface area (TPSA) is 43.2 Å². The van der Waals surface area contributed by atoms with Crippen LogP contribution < -0.4 is 0 Å². The zero-order valence-electron chi connectivity index (χ0n) is 13.5. The average Bonchev–Trinajstić information content (AvgIpc) is 3.18. The fraction of sp³-hybridized carbons (Fsp3) is 0.625. The second kappa shape index (κ2) is 6.89. The van der Waals surface area contributed by atoms with E-state index in [1.54, 1.807) is 0 Å². The zero-order valence-corrected chi connectivity index (χ0v) is 14.3. The van der Waals surface area contributed by atoms with E-state index < -0.39 is 0 Å². The minimum absolute atomic E-state index is 0.327. The lowest BCUT2D eigenvalue weighted by atomic mass is 10.2. The molecule has 3 rings (SSSR count). The Balaban J connectivity index is 1.59. The van der Waals surface area contributed by atoms with Crippen LogP contribution in [0.25, 0.3) is 0 Å². The quantitative estimate of drug-likeness (QED) is 0.818. The number of hydrogen-bond donors (Lipinski definition) is 0. The Morgan fingerprint density at radius 3 is 3.00 bits per heavy atom. The SMILES string of the molecule is CC(C)n1cnnc1CN(C)Cc1ccc(C2CCCO2)s1. The summed E-state index contributed by atoms with van der Waals surface area (Å²) in [5, 5.41) is 8.27. The molecular weight excluding hydrogens is 296 g/mol. The van der Waals surface area contributed by atoms with Gasteiger partial charge in [-0.25, -0.2) is 0 Å². The molecule has 3 heterocycles. The van der Waals surface area contributed by atoms with Crippen molar-refractivity contribution in [3.63, 3.8) is 0 Å². The van der Waals surface area contributed by atoms with Gasteiger partial charge in [-0.2, -0.15) is 0 Å². The Morgan fingerprint density at radius 2 is 2.27 bits per heavy atom. The molecule has 120 valence electrons. The lowest BCUT2D eigenvalue weighted by molar-refractivity contribution is 0.114. The Hall–Kier alpha value is -1.24. The van der Waals surface area contributed by atoms with Crippen LogP contribution in [0.15, 0.2) is 18.5 Å². The van der Waals surface area contributed by atoms with Crippen molar-refractivity contribution in [2.75, 3.05) is 13.7 Å². The summed E-state index contributed by atoms with van der Waals surface area (Å²) in [5.74, 6) is 1.02. The summed E-state index contributed by atoms with van der Waals surface area (Å²) in [6.07, 6.45) is 4.48. The van der Waals surface area contributed by atoms with E-state index in [-0.39, 0.29) is 0 Å². The molecule has 6 heteroatoms. The molecule has 0 saturated carbocycles. The van der Waals surface area contributed by atoms with E-state index in [1.165, 1.54) is 16.2 Å². The molecule has 0 radical (unpaired) electrons. The van der Waals surface area contributed by atoms with Crippen LogP contribution >= 0.6 is 11.3 Å². The Bertz CT molecular complexity index is 601. The van der Waals surface area contributed by atoms with Crippen molar-refractivity contribution in [2.24, 2.45) is 0 Å². The number of thiophene rings is 1. The normalized spacial score (nSPS) is 18.7. The molecule has 5 nitrogen and oxygen atoms in total. The Kier molecular flexibility index (Phi) is 4.90. The number of aromatic nitrogens is 3. The molecule has 22 heavy (non-hydrogen) atoms. The van der Waals surface area contributed by atoms with E-state index >= 15 is 0 Å². The highest BCUT2D eigenvalue weighted by Gasteiger charge is 2.19. The summed E-state index contributed by atoms with van der Waals surface area (Å²) in [6.45, 7) is 6.95. The maximum atomic E-state index is 5.76. The summed E-state index contributed by atoms with van der Waals surface area (Å²) in [5.41, 5.74) is 0. The van der Waals surface area contributed by atoms with Crippen molar-refractivity contribution >= 4 is 11.3 Å². The maximum Gasteiger partial charge on any atom is 0.147 e. The fourth-order valence-corrected chi connectivity index (χ4v) is 4.01. The highest BCUT2D eigenvalue weighted by Crippen LogP contribution is 2.33. The van der Waals surface area contributed by atoms with Crippen molar-refractivity contribution < 1.29 is 4.74 Å². The lowest BCUT2D eigenvalue weighted by Crippen LogP contribution is -2.20. The molecule has 0 aromatic carbocycles. The van der Waals surface area contributed by atoms with Crippen LogP contribution in [0.3, 0.4) is 0 Å². The summed E-state index contributed by atoms with van der Waals surface area (Å²) in [4.78, 5) is 5.03. The molecule has 1 fully saturated rings. The molecular formula is C16H24N4OS. The van der Waals surface area contributed by atoms with E-state index in [9.17, 15) is 0 Å². The van der Waals surface area contributed by atoms with Gasteiger partial charge in [0.1, 0.15) is 12.2 Å². The molecule has 2 aromatic rings. The molecule has 0 amide bonds. The molecule has 1 atom stereocenters. The van der Waals surface area contributed by atoms with Crippen LogP contribution in [-0.2, 0) is 17.8 Å². The van der Waals surface area contributed by atoms with Crippen LogP contribution in [0.4, 0.5) is 0 Å². The van der Waals surface area contributed by atoms with Crippen LogP contribution in [0.1, 0.15) is 54.4 Å². The zero-order chi connectivity index (χ0) is 15.5. The third-order valence-electron chi connectivity index (χ3n) is 3.97. The Morgan fingerprint density at radius 1 is 1.41 bits per heavy atom.